The lowest BCUT2D eigenvalue weighted by atomic mass is 9.26. The fourth-order valence-corrected chi connectivity index (χ4v) is 3.45. The van der Waals surface area contributed by atoms with E-state index in [-0.39, 0.29) is 19.8 Å². The zero-order valence-electron chi connectivity index (χ0n) is 14.3. The van der Waals surface area contributed by atoms with Crippen LogP contribution in [0.4, 0.5) is 8.78 Å². The summed E-state index contributed by atoms with van der Waals surface area (Å²) in [6.07, 6.45) is 0.716. The molecule has 0 spiro atoms. The molecule has 9 heteroatoms. The minimum Gasteiger partial charge on any atom is -0.260 e. The zero-order valence-corrected chi connectivity index (χ0v) is 14.3. The van der Waals surface area contributed by atoms with Crippen molar-refractivity contribution in [3.63, 3.8) is 0 Å². The minimum atomic E-state index is -0.458. The van der Waals surface area contributed by atoms with E-state index in [1.165, 1.54) is 19.2 Å². The SMILES string of the molecule is [B][B][B]c1cc(F)c(Cc2c(F)cc(CC)c3c2=NCN=3)c2c1=NCN=2. The molecule has 2 aromatic carbocycles. The first-order chi connectivity index (χ1) is 12.6. The maximum absolute atomic E-state index is 14.8. The maximum Gasteiger partial charge on any atom is 0.130 e. The molecule has 0 N–H and O–H groups in total. The van der Waals surface area contributed by atoms with Crippen molar-refractivity contribution in [2.24, 2.45) is 20.0 Å². The van der Waals surface area contributed by atoms with E-state index in [1.54, 1.807) is 7.17 Å². The summed E-state index contributed by atoms with van der Waals surface area (Å²) in [7, 11) is 8.34. The van der Waals surface area contributed by atoms with Gasteiger partial charge in [0.15, 0.2) is 0 Å². The van der Waals surface area contributed by atoms with Gasteiger partial charge in [0.05, 0.1) is 28.6 Å². The Morgan fingerprint density at radius 1 is 0.923 bits per heavy atom. The van der Waals surface area contributed by atoms with Crippen molar-refractivity contribution in [2.75, 3.05) is 13.3 Å². The quantitative estimate of drug-likeness (QED) is 0.598. The summed E-state index contributed by atoms with van der Waals surface area (Å²) >= 11 is 0. The van der Waals surface area contributed by atoms with Crippen molar-refractivity contribution in [1.29, 1.82) is 0 Å². The average molecular weight is 344 g/mol. The highest BCUT2D eigenvalue weighted by Gasteiger charge is 2.19. The van der Waals surface area contributed by atoms with Crippen LogP contribution in [0.5, 0.6) is 0 Å². The van der Waals surface area contributed by atoms with Gasteiger partial charge in [-0.1, -0.05) is 12.4 Å². The van der Waals surface area contributed by atoms with Crippen LogP contribution >= 0.6 is 0 Å². The molecule has 0 bridgehead atoms. The molecule has 0 atom stereocenters. The highest BCUT2D eigenvalue weighted by molar-refractivity contribution is 7.27. The van der Waals surface area contributed by atoms with Gasteiger partial charge in [-0.3, -0.25) is 20.0 Å². The Kier molecular flexibility index (Phi) is 4.47. The van der Waals surface area contributed by atoms with Gasteiger partial charge in [0.25, 0.3) is 0 Å². The first-order valence-corrected chi connectivity index (χ1v) is 8.42. The number of rotatable bonds is 5. The van der Waals surface area contributed by atoms with Gasteiger partial charge >= 0.3 is 0 Å². The number of benzene rings is 2. The van der Waals surface area contributed by atoms with E-state index >= 15 is 0 Å². The molecule has 124 valence electrons. The third kappa shape index (κ3) is 2.70. The molecule has 0 fully saturated rings. The van der Waals surface area contributed by atoms with Crippen molar-refractivity contribution >= 4 is 27.4 Å². The van der Waals surface area contributed by atoms with Gasteiger partial charge < -0.3 is 0 Å². The van der Waals surface area contributed by atoms with E-state index in [9.17, 15) is 8.78 Å². The lowest BCUT2D eigenvalue weighted by Gasteiger charge is -2.09. The van der Waals surface area contributed by atoms with Crippen LogP contribution in [0, 0.1) is 11.6 Å². The van der Waals surface area contributed by atoms with E-state index < -0.39 is 11.6 Å². The molecule has 0 amide bonds. The van der Waals surface area contributed by atoms with E-state index in [4.69, 9.17) is 7.74 Å². The van der Waals surface area contributed by atoms with Crippen LogP contribution in [-0.4, -0.2) is 35.3 Å². The molecule has 2 heterocycles. The molecular formula is C17H13B3F2N4. The maximum atomic E-state index is 14.8. The minimum absolute atomic E-state index is 0.0526. The van der Waals surface area contributed by atoms with E-state index in [2.05, 4.69) is 20.0 Å². The number of aryl methyl sites for hydroxylation is 1. The standard InChI is InChI=1S/C17H13B3F2N4/c1-2-8-3-12(21)9(15-14(8)23-6-24-15)4-10-13(22)5-11(19-20-18)17-16(10)25-7-26-17/h3,5H,2,4,6-7H2,1H3. The molecule has 0 saturated carbocycles. The van der Waals surface area contributed by atoms with Gasteiger partial charge in [0.1, 0.15) is 25.0 Å². The largest absolute Gasteiger partial charge is 0.260 e. The smallest absolute Gasteiger partial charge is 0.130 e. The number of hydrogen-bond acceptors (Lipinski definition) is 4. The van der Waals surface area contributed by atoms with Crippen LogP contribution in [-0.2, 0) is 12.8 Å². The lowest BCUT2D eigenvalue weighted by molar-refractivity contribution is 0.593. The van der Waals surface area contributed by atoms with Gasteiger partial charge in [-0.2, -0.15) is 0 Å². The van der Waals surface area contributed by atoms with Gasteiger partial charge in [-0.15, -0.1) is 0 Å². The predicted octanol–water partition coefficient (Wildman–Crippen LogP) is -1.43. The summed E-state index contributed by atoms with van der Waals surface area (Å²) in [5.41, 5.74) is 2.06. The van der Waals surface area contributed by atoms with Crippen LogP contribution in [0.25, 0.3) is 0 Å². The Morgan fingerprint density at radius 3 is 2.15 bits per heavy atom. The van der Waals surface area contributed by atoms with E-state index in [1.807, 2.05) is 6.92 Å². The van der Waals surface area contributed by atoms with E-state index in [0.717, 1.165) is 5.56 Å². The van der Waals surface area contributed by atoms with Crippen molar-refractivity contribution in [3.8, 4) is 0 Å². The molecule has 0 aliphatic carbocycles. The summed E-state index contributed by atoms with van der Waals surface area (Å²) in [4.78, 5) is 17.3. The number of nitrogens with zero attached hydrogens (tertiary/aromatic N) is 4. The van der Waals surface area contributed by atoms with Gasteiger partial charge in [0.2, 0.25) is 0 Å². The number of halogens is 2. The molecule has 2 aliphatic heterocycles. The molecule has 0 unspecified atom stereocenters. The molecule has 2 aromatic rings. The highest BCUT2D eigenvalue weighted by atomic mass is 19.1. The molecule has 4 radical (unpaired) electrons. The molecule has 0 aromatic heterocycles. The second-order valence-electron chi connectivity index (χ2n) is 6.12. The fourth-order valence-electron chi connectivity index (χ4n) is 3.45. The number of hydrogen-bond donors (Lipinski definition) is 0. The Balaban J connectivity index is 1.90. The molecule has 26 heavy (non-hydrogen) atoms. The van der Waals surface area contributed by atoms with Crippen molar-refractivity contribution in [2.45, 2.75) is 19.8 Å². The Morgan fingerprint density at radius 2 is 1.50 bits per heavy atom. The van der Waals surface area contributed by atoms with Crippen LogP contribution < -0.4 is 26.9 Å². The Labute approximate surface area is 151 Å². The predicted molar refractivity (Wildman–Crippen MR) is 96.2 cm³/mol. The van der Waals surface area contributed by atoms with E-state index in [0.29, 0.717) is 44.4 Å². The van der Waals surface area contributed by atoms with Crippen LogP contribution in [0.2, 0.25) is 0 Å². The van der Waals surface area contributed by atoms with Crippen molar-refractivity contribution in [1.82, 2.24) is 0 Å². The second kappa shape index (κ2) is 6.78. The Bertz CT molecular complexity index is 1150. The lowest BCUT2D eigenvalue weighted by Crippen LogP contribution is -2.45. The van der Waals surface area contributed by atoms with Gasteiger partial charge in [-0.25, -0.2) is 8.78 Å². The summed E-state index contributed by atoms with van der Waals surface area (Å²) in [5.74, 6) is -0.851. The van der Waals surface area contributed by atoms with Crippen LogP contribution in [0.15, 0.2) is 32.1 Å². The summed E-state index contributed by atoms with van der Waals surface area (Å²) in [6, 6.07) is 2.84. The fraction of sp³-hybridized carbons (Fsp3) is 0.294. The molecule has 4 rings (SSSR count). The van der Waals surface area contributed by atoms with Crippen molar-refractivity contribution < 1.29 is 8.78 Å². The summed E-state index contributed by atoms with van der Waals surface area (Å²) in [6.45, 7) is 2.45. The molecule has 2 aliphatic rings. The highest BCUT2D eigenvalue weighted by Crippen LogP contribution is 2.11. The van der Waals surface area contributed by atoms with Crippen LogP contribution in [0.3, 0.4) is 0 Å². The normalized spacial score (nSPS) is 13.8. The third-order valence-corrected chi connectivity index (χ3v) is 4.68. The zero-order chi connectivity index (χ0) is 18.3. The average Bonchev–Trinajstić information content (AvgIpc) is 3.29. The first kappa shape index (κ1) is 17.1. The Hall–Kier alpha value is -2.31. The number of fused-ring (bicyclic) bond motifs is 2. The monoisotopic (exact) mass is 344 g/mol. The summed E-state index contributed by atoms with van der Waals surface area (Å²) in [5, 5.41) is 2.29. The molecule has 0 saturated heterocycles. The molecule has 4 nitrogen and oxygen atoms in total. The molecular weight excluding hydrogens is 331 g/mol. The van der Waals surface area contributed by atoms with Gasteiger partial charge in [-0.05, 0) is 24.1 Å². The topological polar surface area (TPSA) is 49.4 Å². The second-order valence-corrected chi connectivity index (χ2v) is 6.12. The van der Waals surface area contributed by atoms with Gasteiger partial charge in [0, 0.05) is 32.3 Å². The van der Waals surface area contributed by atoms with Crippen LogP contribution in [0.1, 0.15) is 23.6 Å². The summed E-state index contributed by atoms with van der Waals surface area (Å²) < 4.78 is 29.5. The third-order valence-electron chi connectivity index (χ3n) is 4.68. The van der Waals surface area contributed by atoms with Crippen molar-refractivity contribution in [3.05, 3.63) is 61.9 Å². The first-order valence-electron chi connectivity index (χ1n) is 8.42.